The molecule has 0 radical (unpaired) electrons. The van der Waals surface area contributed by atoms with E-state index in [2.05, 4.69) is 0 Å². The summed E-state index contributed by atoms with van der Waals surface area (Å²) >= 11 is 0. The Labute approximate surface area is 123 Å². The van der Waals surface area contributed by atoms with Gasteiger partial charge in [0.15, 0.2) is 11.5 Å². The number of carbonyl (C=O) groups is 1. The van der Waals surface area contributed by atoms with Crippen LogP contribution in [0.3, 0.4) is 0 Å². The zero-order valence-electron chi connectivity index (χ0n) is 11.8. The minimum Gasteiger partial charge on any atom is -0.486 e. The number of nitrogens with zero attached hydrogens (tertiary/aromatic N) is 1. The minimum atomic E-state index is -1.05. The fourth-order valence-electron chi connectivity index (χ4n) is 2.73. The maximum atomic E-state index is 12.2. The quantitative estimate of drug-likeness (QED) is 0.844. The summed E-state index contributed by atoms with van der Waals surface area (Å²) in [5.74, 6) is 1.03. The van der Waals surface area contributed by atoms with Crippen LogP contribution in [0.4, 0.5) is 0 Å². The Hall–Kier alpha value is -1.79. The van der Waals surface area contributed by atoms with Gasteiger partial charge in [0.05, 0.1) is 0 Å². The van der Waals surface area contributed by atoms with Crippen LogP contribution in [0.25, 0.3) is 0 Å². The Bertz CT molecular complexity index is 528. The molecular formula is C15H20N2O4. The van der Waals surface area contributed by atoms with Gasteiger partial charge in [0.25, 0.3) is 0 Å². The first kappa shape index (κ1) is 14.2. The maximum absolute atomic E-state index is 12.2. The van der Waals surface area contributed by atoms with E-state index < -0.39 is 12.1 Å². The van der Waals surface area contributed by atoms with E-state index in [0.29, 0.717) is 30.3 Å². The zero-order valence-corrected chi connectivity index (χ0v) is 11.8. The summed E-state index contributed by atoms with van der Waals surface area (Å²) in [5.41, 5.74) is 6.50. The molecule has 6 nitrogen and oxygen atoms in total. The van der Waals surface area contributed by atoms with Gasteiger partial charge >= 0.3 is 0 Å². The first-order valence-electron chi connectivity index (χ1n) is 7.29. The van der Waals surface area contributed by atoms with E-state index in [1.807, 2.05) is 0 Å². The van der Waals surface area contributed by atoms with Gasteiger partial charge in [-0.25, -0.2) is 0 Å². The van der Waals surface area contributed by atoms with Gasteiger partial charge in [0, 0.05) is 13.1 Å². The van der Waals surface area contributed by atoms with Crippen molar-refractivity contribution in [1.29, 1.82) is 0 Å². The molecule has 2 atom stereocenters. The van der Waals surface area contributed by atoms with E-state index in [0.717, 1.165) is 25.9 Å². The van der Waals surface area contributed by atoms with Crippen molar-refractivity contribution in [1.82, 2.24) is 4.90 Å². The lowest BCUT2D eigenvalue weighted by Gasteiger charge is -2.25. The second-order valence-corrected chi connectivity index (χ2v) is 5.41. The van der Waals surface area contributed by atoms with Gasteiger partial charge < -0.3 is 25.2 Å². The first-order chi connectivity index (χ1) is 10.2. The van der Waals surface area contributed by atoms with Crippen LogP contribution in [0.2, 0.25) is 0 Å². The molecule has 3 N–H and O–H groups in total. The summed E-state index contributed by atoms with van der Waals surface area (Å²) in [7, 11) is 0. The number of rotatable bonds is 3. The lowest BCUT2D eigenvalue weighted by molar-refractivity contribution is -0.134. The van der Waals surface area contributed by atoms with Crippen molar-refractivity contribution < 1.29 is 19.4 Å². The fourth-order valence-corrected chi connectivity index (χ4v) is 2.73. The highest BCUT2D eigenvalue weighted by atomic mass is 16.6. The summed E-state index contributed by atoms with van der Waals surface area (Å²) in [4.78, 5) is 13.9. The number of nitrogens with two attached hydrogens (primary N) is 1. The van der Waals surface area contributed by atoms with E-state index in [1.165, 1.54) is 0 Å². The lowest BCUT2D eigenvalue weighted by Crippen LogP contribution is -2.45. The van der Waals surface area contributed by atoms with Crippen LogP contribution in [0.5, 0.6) is 11.5 Å². The van der Waals surface area contributed by atoms with Crippen molar-refractivity contribution in [2.75, 3.05) is 26.3 Å². The van der Waals surface area contributed by atoms with E-state index in [9.17, 15) is 9.90 Å². The van der Waals surface area contributed by atoms with Gasteiger partial charge in [-0.1, -0.05) is 6.07 Å². The number of amides is 1. The zero-order chi connectivity index (χ0) is 14.8. The summed E-state index contributed by atoms with van der Waals surface area (Å²) in [5, 5.41) is 10.4. The molecule has 0 aromatic heterocycles. The predicted molar refractivity (Wildman–Crippen MR) is 76.2 cm³/mol. The molecule has 1 aromatic carbocycles. The van der Waals surface area contributed by atoms with Crippen LogP contribution in [0.15, 0.2) is 18.2 Å². The Balaban J connectivity index is 1.74. The molecule has 0 aliphatic carbocycles. The molecule has 2 unspecified atom stereocenters. The lowest BCUT2D eigenvalue weighted by atomic mass is 10.0. The molecular weight excluding hydrogens is 272 g/mol. The smallest absolute Gasteiger partial charge is 0.242 e. The number of benzene rings is 1. The second kappa shape index (κ2) is 5.91. The summed E-state index contributed by atoms with van der Waals surface area (Å²) in [6.45, 7) is 2.44. The fraction of sp³-hybridized carbons (Fsp3) is 0.533. The predicted octanol–water partition coefficient (Wildman–Crippen LogP) is 0.441. The number of hydrogen-bond acceptors (Lipinski definition) is 5. The largest absolute Gasteiger partial charge is 0.486 e. The van der Waals surface area contributed by atoms with Crippen molar-refractivity contribution >= 4 is 5.91 Å². The third-order valence-corrected chi connectivity index (χ3v) is 3.95. The van der Waals surface area contributed by atoms with Crippen LogP contribution in [0.1, 0.15) is 24.5 Å². The molecule has 21 heavy (non-hydrogen) atoms. The highest BCUT2D eigenvalue weighted by Crippen LogP contribution is 2.33. The van der Waals surface area contributed by atoms with E-state index in [1.54, 1.807) is 23.1 Å². The van der Waals surface area contributed by atoms with Gasteiger partial charge in [-0.05, 0) is 30.5 Å². The van der Waals surface area contributed by atoms with Crippen LogP contribution >= 0.6 is 0 Å². The number of aliphatic hydroxyl groups excluding tert-OH is 1. The highest BCUT2D eigenvalue weighted by molar-refractivity contribution is 5.82. The van der Waals surface area contributed by atoms with Crippen molar-refractivity contribution in [3.63, 3.8) is 0 Å². The van der Waals surface area contributed by atoms with E-state index in [-0.39, 0.29) is 5.91 Å². The molecule has 1 amide bonds. The first-order valence-corrected chi connectivity index (χ1v) is 7.29. The number of carbonyl (C=O) groups excluding carboxylic acids is 1. The molecule has 0 spiro atoms. The van der Waals surface area contributed by atoms with Crippen LogP contribution in [0, 0.1) is 0 Å². The average Bonchev–Trinajstić information content (AvgIpc) is 3.06. The van der Waals surface area contributed by atoms with Crippen molar-refractivity contribution in [2.45, 2.75) is 25.0 Å². The molecule has 1 fully saturated rings. The Morgan fingerprint density at radius 3 is 2.57 bits per heavy atom. The molecule has 2 aliphatic rings. The van der Waals surface area contributed by atoms with Crippen molar-refractivity contribution in [2.24, 2.45) is 5.73 Å². The number of fused-ring (bicyclic) bond motifs is 1. The molecule has 0 bridgehead atoms. The van der Waals surface area contributed by atoms with Gasteiger partial charge in [-0.2, -0.15) is 0 Å². The standard InChI is InChI=1S/C15H20N2O4/c16-13(15(19)17-5-1-2-6-17)14(18)10-3-4-11-12(9-10)21-8-7-20-11/h3-4,9,13-14,18H,1-2,5-8,16H2. The van der Waals surface area contributed by atoms with Crippen LogP contribution in [-0.2, 0) is 4.79 Å². The molecule has 6 heteroatoms. The molecule has 114 valence electrons. The number of hydrogen-bond donors (Lipinski definition) is 2. The summed E-state index contributed by atoms with van der Waals surface area (Å²) in [6, 6.07) is 4.19. The average molecular weight is 292 g/mol. The van der Waals surface area contributed by atoms with Gasteiger partial charge in [0.2, 0.25) is 5.91 Å². The Kier molecular flexibility index (Phi) is 3.98. The SMILES string of the molecule is NC(C(=O)N1CCCC1)C(O)c1ccc2c(c1)OCCO2. The van der Waals surface area contributed by atoms with Crippen molar-refractivity contribution in [3.05, 3.63) is 23.8 Å². The number of likely N-dealkylation sites (tertiary alicyclic amines) is 1. The second-order valence-electron chi connectivity index (χ2n) is 5.41. The molecule has 2 aliphatic heterocycles. The third-order valence-electron chi connectivity index (χ3n) is 3.95. The molecule has 2 heterocycles. The summed E-state index contributed by atoms with van der Waals surface area (Å²) in [6.07, 6.45) is 0.950. The normalized spacial score (nSPS) is 20.2. The third kappa shape index (κ3) is 2.82. The van der Waals surface area contributed by atoms with Gasteiger partial charge in [0.1, 0.15) is 25.4 Å². The Morgan fingerprint density at radius 1 is 1.19 bits per heavy atom. The van der Waals surface area contributed by atoms with E-state index in [4.69, 9.17) is 15.2 Å². The Morgan fingerprint density at radius 2 is 1.86 bits per heavy atom. The molecule has 1 aromatic rings. The number of ether oxygens (including phenoxy) is 2. The number of aliphatic hydroxyl groups is 1. The van der Waals surface area contributed by atoms with Crippen LogP contribution in [-0.4, -0.2) is 48.3 Å². The highest BCUT2D eigenvalue weighted by Gasteiger charge is 2.30. The summed E-state index contributed by atoms with van der Waals surface area (Å²) < 4.78 is 10.9. The minimum absolute atomic E-state index is 0.199. The van der Waals surface area contributed by atoms with Gasteiger partial charge in [-0.15, -0.1) is 0 Å². The van der Waals surface area contributed by atoms with E-state index >= 15 is 0 Å². The maximum Gasteiger partial charge on any atom is 0.242 e. The molecule has 0 saturated carbocycles. The molecule has 1 saturated heterocycles. The van der Waals surface area contributed by atoms with Gasteiger partial charge in [-0.3, -0.25) is 4.79 Å². The molecule has 3 rings (SSSR count). The monoisotopic (exact) mass is 292 g/mol. The topological polar surface area (TPSA) is 85.0 Å². The van der Waals surface area contributed by atoms with Crippen LogP contribution < -0.4 is 15.2 Å². The van der Waals surface area contributed by atoms with Crippen molar-refractivity contribution in [3.8, 4) is 11.5 Å².